The Kier molecular flexibility index (Phi) is 6.25. The van der Waals surface area contributed by atoms with Crippen LogP contribution in [0.15, 0.2) is 77.7 Å². The van der Waals surface area contributed by atoms with Gasteiger partial charge in [-0.1, -0.05) is 74.0 Å². The van der Waals surface area contributed by atoms with Gasteiger partial charge in [0.05, 0.1) is 16.5 Å². The lowest BCUT2D eigenvalue weighted by atomic mass is 9.98. The van der Waals surface area contributed by atoms with Gasteiger partial charge in [0.1, 0.15) is 0 Å². The fourth-order valence-corrected chi connectivity index (χ4v) is 4.08. The van der Waals surface area contributed by atoms with Crippen LogP contribution in [0.4, 0.5) is 0 Å². The van der Waals surface area contributed by atoms with Gasteiger partial charge in [0, 0.05) is 6.54 Å². The number of nitriles is 1. The predicted octanol–water partition coefficient (Wildman–Crippen LogP) is 4.66. The molecule has 0 bridgehead atoms. The minimum absolute atomic E-state index is 0.0892. The van der Waals surface area contributed by atoms with E-state index < -0.39 is 10.0 Å². The summed E-state index contributed by atoms with van der Waals surface area (Å²) >= 11 is 0. The average molecular weight is 391 g/mol. The van der Waals surface area contributed by atoms with Crippen LogP contribution in [0.5, 0.6) is 0 Å². The normalized spacial score (nSPS) is 11.1. The minimum Gasteiger partial charge on any atom is -0.207 e. The summed E-state index contributed by atoms with van der Waals surface area (Å²) in [5, 5.41) is 9.55. The van der Waals surface area contributed by atoms with Gasteiger partial charge in [-0.05, 0) is 40.8 Å². The number of benzene rings is 3. The second-order valence-corrected chi connectivity index (χ2v) is 8.34. The Bertz CT molecular complexity index is 1080. The van der Waals surface area contributed by atoms with E-state index in [0.29, 0.717) is 5.56 Å². The van der Waals surface area contributed by atoms with Crippen molar-refractivity contribution >= 4 is 10.0 Å². The van der Waals surface area contributed by atoms with Crippen LogP contribution in [0.1, 0.15) is 30.0 Å². The smallest absolute Gasteiger partial charge is 0.207 e. The van der Waals surface area contributed by atoms with Crippen LogP contribution in [0.2, 0.25) is 0 Å². The number of sulfonamides is 1. The van der Waals surface area contributed by atoms with Crippen LogP contribution in [-0.4, -0.2) is 8.42 Å². The van der Waals surface area contributed by atoms with Crippen molar-refractivity contribution in [1.29, 1.82) is 5.26 Å². The van der Waals surface area contributed by atoms with Crippen LogP contribution >= 0.6 is 0 Å². The molecule has 3 aromatic rings. The predicted molar refractivity (Wildman–Crippen MR) is 111 cm³/mol. The third kappa shape index (κ3) is 4.66. The molecule has 3 rings (SSSR count). The lowest BCUT2D eigenvalue weighted by Gasteiger charge is -2.10. The van der Waals surface area contributed by atoms with E-state index in [4.69, 9.17) is 0 Å². The molecule has 1 N–H and O–H groups in total. The van der Waals surface area contributed by atoms with Gasteiger partial charge in [-0.3, -0.25) is 0 Å². The zero-order valence-electron chi connectivity index (χ0n) is 15.7. The van der Waals surface area contributed by atoms with Crippen molar-refractivity contribution in [1.82, 2.24) is 4.72 Å². The van der Waals surface area contributed by atoms with Crippen molar-refractivity contribution in [2.24, 2.45) is 0 Å². The highest BCUT2D eigenvalue weighted by molar-refractivity contribution is 7.89. The summed E-state index contributed by atoms with van der Waals surface area (Å²) in [5.74, 6) is 0. The number of hydrogen-bond acceptors (Lipinski definition) is 3. The van der Waals surface area contributed by atoms with E-state index in [0.717, 1.165) is 29.5 Å². The number of aryl methyl sites for hydroxylation is 1. The molecule has 28 heavy (non-hydrogen) atoms. The first kappa shape index (κ1) is 19.8. The topological polar surface area (TPSA) is 70.0 Å². The Morgan fingerprint density at radius 1 is 0.929 bits per heavy atom. The number of nitrogens with one attached hydrogen (secondary N) is 1. The van der Waals surface area contributed by atoms with Crippen LogP contribution < -0.4 is 4.72 Å². The highest BCUT2D eigenvalue weighted by Crippen LogP contribution is 2.26. The van der Waals surface area contributed by atoms with Crippen LogP contribution in [0.3, 0.4) is 0 Å². The van der Waals surface area contributed by atoms with Crippen molar-refractivity contribution in [3.63, 3.8) is 0 Å². The molecular formula is C23H22N2O2S. The third-order valence-corrected chi connectivity index (χ3v) is 5.93. The Labute approximate surface area is 166 Å². The average Bonchev–Trinajstić information content (AvgIpc) is 2.73. The fourth-order valence-electron chi connectivity index (χ4n) is 3.03. The van der Waals surface area contributed by atoms with E-state index in [1.165, 1.54) is 11.6 Å². The van der Waals surface area contributed by atoms with Crippen molar-refractivity contribution in [3.05, 3.63) is 89.5 Å². The minimum atomic E-state index is -3.71. The lowest BCUT2D eigenvalue weighted by molar-refractivity contribution is 0.581. The maximum absolute atomic E-state index is 12.6. The monoisotopic (exact) mass is 390 g/mol. The second kappa shape index (κ2) is 8.83. The molecule has 0 amide bonds. The van der Waals surface area contributed by atoms with Gasteiger partial charge in [-0.15, -0.1) is 0 Å². The highest BCUT2D eigenvalue weighted by atomic mass is 32.2. The molecule has 0 radical (unpaired) electrons. The van der Waals surface area contributed by atoms with Gasteiger partial charge in [-0.2, -0.15) is 5.26 Å². The zero-order valence-corrected chi connectivity index (χ0v) is 16.5. The van der Waals surface area contributed by atoms with Gasteiger partial charge in [0.25, 0.3) is 0 Å². The van der Waals surface area contributed by atoms with E-state index in [1.807, 2.05) is 54.6 Å². The van der Waals surface area contributed by atoms with E-state index >= 15 is 0 Å². The number of nitrogens with zero attached hydrogens (tertiary/aromatic N) is 1. The molecule has 4 nitrogen and oxygen atoms in total. The molecule has 0 fully saturated rings. The van der Waals surface area contributed by atoms with E-state index in [9.17, 15) is 13.7 Å². The highest BCUT2D eigenvalue weighted by Gasteiger charge is 2.16. The second-order valence-electron chi connectivity index (χ2n) is 6.58. The van der Waals surface area contributed by atoms with E-state index in [1.54, 1.807) is 12.1 Å². The molecule has 5 heteroatoms. The Hall–Kier alpha value is -2.94. The maximum atomic E-state index is 12.6. The molecule has 0 aliphatic heterocycles. The summed E-state index contributed by atoms with van der Waals surface area (Å²) < 4.78 is 27.8. The maximum Gasteiger partial charge on any atom is 0.240 e. The van der Waals surface area contributed by atoms with Crippen molar-refractivity contribution < 1.29 is 8.42 Å². The summed E-state index contributed by atoms with van der Waals surface area (Å²) in [7, 11) is -3.71. The summed E-state index contributed by atoms with van der Waals surface area (Å²) in [4.78, 5) is 0.0892. The van der Waals surface area contributed by atoms with Crippen LogP contribution in [0.25, 0.3) is 11.1 Å². The molecule has 0 atom stereocenters. The van der Waals surface area contributed by atoms with Crippen LogP contribution in [0, 0.1) is 11.3 Å². The first-order chi connectivity index (χ1) is 13.5. The molecule has 0 unspecified atom stereocenters. The molecule has 0 aromatic heterocycles. The number of rotatable bonds is 7. The van der Waals surface area contributed by atoms with Gasteiger partial charge in [-0.25, -0.2) is 13.1 Å². The van der Waals surface area contributed by atoms with Gasteiger partial charge in [0.2, 0.25) is 10.0 Å². The van der Waals surface area contributed by atoms with E-state index in [2.05, 4.69) is 17.7 Å². The SMILES string of the molecule is CCCc1ccc(-c2ccc(S(=O)(=O)NCc3ccccc3)cc2C#N)cc1. The molecule has 0 saturated carbocycles. The zero-order chi connectivity index (χ0) is 20.0. The molecule has 0 heterocycles. The summed E-state index contributed by atoms with van der Waals surface area (Å²) in [6.45, 7) is 2.33. The molecule has 0 aliphatic rings. The molecular weight excluding hydrogens is 368 g/mol. The molecule has 0 saturated heterocycles. The van der Waals surface area contributed by atoms with Gasteiger partial charge >= 0.3 is 0 Å². The first-order valence-corrected chi connectivity index (χ1v) is 10.7. The van der Waals surface area contributed by atoms with Crippen LogP contribution in [-0.2, 0) is 23.0 Å². The van der Waals surface area contributed by atoms with Crippen molar-refractivity contribution in [2.45, 2.75) is 31.2 Å². The van der Waals surface area contributed by atoms with E-state index in [-0.39, 0.29) is 11.4 Å². The summed E-state index contributed by atoms with van der Waals surface area (Å²) in [5.41, 5.74) is 4.08. The first-order valence-electron chi connectivity index (χ1n) is 9.20. The summed E-state index contributed by atoms with van der Waals surface area (Å²) in [6, 6.07) is 24.2. The fraction of sp³-hybridized carbons (Fsp3) is 0.174. The van der Waals surface area contributed by atoms with Crippen molar-refractivity contribution in [2.75, 3.05) is 0 Å². The third-order valence-electron chi connectivity index (χ3n) is 4.53. The lowest BCUT2D eigenvalue weighted by Crippen LogP contribution is -2.23. The quantitative estimate of drug-likeness (QED) is 0.638. The van der Waals surface area contributed by atoms with Gasteiger partial charge < -0.3 is 0 Å². The Balaban J connectivity index is 1.85. The standard InChI is InChI=1S/C23H22N2O2S/c1-2-6-18-9-11-20(12-10-18)23-14-13-22(15-21(23)16-24)28(26,27)25-17-19-7-4-3-5-8-19/h3-5,7-15,25H,2,6,17H2,1H3. The molecule has 0 aliphatic carbocycles. The number of hydrogen-bond donors (Lipinski definition) is 1. The molecule has 3 aromatic carbocycles. The molecule has 0 spiro atoms. The largest absolute Gasteiger partial charge is 0.240 e. The van der Waals surface area contributed by atoms with Crippen molar-refractivity contribution in [3.8, 4) is 17.2 Å². The Morgan fingerprint density at radius 3 is 2.29 bits per heavy atom. The summed E-state index contributed by atoms with van der Waals surface area (Å²) in [6.07, 6.45) is 2.08. The Morgan fingerprint density at radius 2 is 1.64 bits per heavy atom. The van der Waals surface area contributed by atoms with Gasteiger partial charge in [0.15, 0.2) is 0 Å². The molecule has 142 valence electrons.